The Labute approximate surface area is 126 Å². The van der Waals surface area contributed by atoms with Crippen LogP contribution in [-0.2, 0) is 4.74 Å². The zero-order valence-electron chi connectivity index (χ0n) is 14.1. The van der Waals surface area contributed by atoms with Gasteiger partial charge < -0.3 is 10.1 Å². The lowest BCUT2D eigenvalue weighted by Crippen LogP contribution is -2.57. The normalized spacial score (nSPS) is 40.5. The monoisotopic (exact) mass is 281 g/mol. The van der Waals surface area contributed by atoms with E-state index in [9.17, 15) is 0 Å². The molecule has 0 aromatic carbocycles. The molecule has 0 amide bonds. The van der Waals surface area contributed by atoms with Crippen molar-refractivity contribution >= 4 is 0 Å². The van der Waals surface area contributed by atoms with Crippen molar-refractivity contribution in [1.29, 1.82) is 0 Å². The van der Waals surface area contributed by atoms with Gasteiger partial charge in [-0.05, 0) is 62.8 Å². The number of ether oxygens (including phenoxy) is 1. The van der Waals surface area contributed by atoms with Crippen LogP contribution in [0, 0.1) is 17.8 Å². The van der Waals surface area contributed by atoms with Crippen molar-refractivity contribution in [2.45, 2.75) is 83.8 Å². The summed E-state index contributed by atoms with van der Waals surface area (Å²) in [4.78, 5) is 0. The molecule has 2 rings (SSSR count). The highest BCUT2D eigenvalue weighted by atomic mass is 16.5. The van der Waals surface area contributed by atoms with Gasteiger partial charge in [-0.1, -0.05) is 33.6 Å². The average molecular weight is 281 g/mol. The van der Waals surface area contributed by atoms with Gasteiger partial charge in [0.05, 0.1) is 5.60 Å². The summed E-state index contributed by atoms with van der Waals surface area (Å²) in [6.07, 6.45) is 10.7. The lowest BCUT2D eigenvalue weighted by molar-refractivity contribution is -0.0923. The first kappa shape index (κ1) is 16.3. The van der Waals surface area contributed by atoms with E-state index in [-0.39, 0.29) is 5.60 Å². The number of rotatable bonds is 5. The van der Waals surface area contributed by atoms with Crippen LogP contribution in [0.5, 0.6) is 0 Å². The lowest BCUT2D eigenvalue weighted by Gasteiger charge is -2.48. The van der Waals surface area contributed by atoms with E-state index in [1.54, 1.807) is 0 Å². The molecule has 2 aliphatic carbocycles. The van der Waals surface area contributed by atoms with E-state index in [4.69, 9.17) is 4.74 Å². The molecule has 20 heavy (non-hydrogen) atoms. The molecule has 0 aromatic heterocycles. The molecule has 0 spiro atoms. The quantitative estimate of drug-likeness (QED) is 0.807. The Morgan fingerprint density at radius 2 is 1.55 bits per heavy atom. The molecule has 2 aliphatic rings. The molecule has 0 bridgehead atoms. The predicted molar refractivity (Wildman–Crippen MR) is 86.0 cm³/mol. The van der Waals surface area contributed by atoms with Gasteiger partial charge >= 0.3 is 0 Å². The molecule has 0 aromatic rings. The Bertz CT molecular complexity index is 275. The summed E-state index contributed by atoms with van der Waals surface area (Å²) in [6.45, 7) is 8.11. The molecule has 0 heterocycles. The molecule has 2 heteroatoms. The first-order valence-electron chi connectivity index (χ1n) is 8.90. The lowest BCUT2D eigenvalue weighted by atomic mass is 9.68. The first-order chi connectivity index (χ1) is 9.61. The summed E-state index contributed by atoms with van der Waals surface area (Å²) in [6, 6.07) is 0.567. The standard InChI is InChI=1S/C18H35NO/c1-5-19-17(16-8-6-14(2)7-9-16)18(20-4)12-10-15(3)11-13-18/h14-17,19H,5-13H2,1-4H3. The van der Waals surface area contributed by atoms with E-state index >= 15 is 0 Å². The van der Waals surface area contributed by atoms with Crippen LogP contribution in [0.4, 0.5) is 0 Å². The van der Waals surface area contributed by atoms with Gasteiger partial charge in [-0.2, -0.15) is 0 Å². The topological polar surface area (TPSA) is 21.3 Å². The fourth-order valence-electron chi connectivity index (χ4n) is 4.51. The number of nitrogens with one attached hydrogen (secondary N) is 1. The average Bonchev–Trinajstić information content (AvgIpc) is 2.47. The van der Waals surface area contributed by atoms with E-state index in [1.807, 2.05) is 7.11 Å². The van der Waals surface area contributed by atoms with E-state index in [2.05, 4.69) is 26.1 Å². The van der Waals surface area contributed by atoms with Crippen molar-refractivity contribution in [1.82, 2.24) is 5.32 Å². The van der Waals surface area contributed by atoms with Gasteiger partial charge in [-0.15, -0.1) is 0 Å². The zero-order chi connectivity index (χ0) is 14.6. The minimum absolute atomic E-state index is 0.105. The fraction of sp³-hybridized carbons (Fsp3) is 1.00. The second kappa shape index (κ2) is 7.26. The summed E-state index contributed by atoms with van der Waals surface area (Å²) in [5, 5.41) is 3.82. The number of likely N-dealkylation sites (N-methyl/N-ethyl adjacent to an activating group) is 1. The van der Waals surface area contributed by atoms with Gasteiger partial charge in [0, 0.05) is 13.2 Å². The zero-order valence-corrected chi connectivity index (χ0v) is 14.1. The number of methoxy groups -OCH3 is 1. The highest BCUT2D eigenvalue weighted by Crippen LogP contribution is 2.42. The molecule has 1 atom stereocenters. The van der Waals surface area contributed by atoms with Crippen LogP contribution >= 0.6 is 0 Å². The summed E-state index contributed by atoms with van der Waals surface area (Å²) < 4.78 is 6.16. The van der Waals surface area contributed by atoms with Crippen LogP contribution < -0.4 is 5.32 Å². The molecule has 1 unspecified atom stereocenters. The van der Waals surface area contributed by atoms with Crippen LogP contribution in [0.25, 0.3) is 0 Å². The second-order valence-electron chi connectivity index (χ2n) is 7.51. The third-order valence-corrected chi connectivity index (χ3v) is 6.05. The third kappa shape index (κ3) is 3.57. The van der Waals surface area contributed by atoms with Crippen LogP contribution in [0.15, 0.2) is 0 Å². The molecule has 2 fully saturated rings. The van der Waals surface area contributed by atoms with Gasteiger partial charge in [0.2, 0.25) is 0 Å². The smallest absolute Gasteiger partial charge is 0.0833 e. The Morgan fingerprint density at radius 1 is 1.00 bits per heavy atom. The molecule has 2 saturated carbocycles. The number of hydrogen-bond donors (Lipinski definition) is 1. The predicted octanol–water partition coefficient (Wildman–Crippen LogP) is 4.39. The Hall–Kier alpha value is -0.0800. The van der Waals surface area contributed by atoms with Gasteiger partial charge in [-0.3, -0.25) is 0 Å². The van der Waals surface area contributed by atoms with Gasteiger partial charge in [0.15, 0.2) is 0 Å². The maximum atomic E-state index is 6.16. The highest BCUT2D eigenvalue weighted by molar-refractivity contribution is 5.00. The van der Waals surface area contributed by atoms with Crippen molar-refractivity contribution in [2.75, 3.05) is 13.7 Å². The SMILES string of the molecule is CCNC(C1CCC(C)CC1)C1(OC)CCC(C)CC1. The summed E-state index contributed by atoms with van der Waals surface area (Å²) in [7, 11) is 1.95. The maximum Gasteiger partial charge on any atom is 0.0833 e. The first-order valence-corrected chi connectivity index (χ1v) is 8.90. The van der Waals surface area contributed by atoms with Crippen molar-refractivity contribution in [3.8, 4) is 0 Å². The molecule has 118 valence electrons. The molecule has 1 N–H and O–H groups in total. The van der Waals surface area contributed by atoms with Gasteiger partial charge in [0.25, 0.3) is 0 Å². The van der Waals surface area contributed by atoms with E-state index in [0.717, 1.165) is 24.3 Å². The largest absolute Gasteiger partial charge is 0.377 e. The minimum atomic E-state index is 0.105. The number of hydrogen-bond acceptors (Lipinski definition) is 2. The molecule has 2 nitrogen and oxygen atoms in total. The van der Waals surface area contributed by atoms with Gasteiger partial charge in [0.1, 0.15) is 0 Å². The molecular formula is C18H35NO. The van der Waals surface area contributed by atoms with Crippen LogP contribution in [0.3, 0.4) is 0 Å². The van der Waals surface area contributed by atoms with Crippen molar-refractivity contribution in [3.63, 3.8) is 0 Å². The Morgan fingerprint density at radius 3 is 2.05 bits per heavy atom. The van der Waals surface area contributed by atoms with Crippen molar-refractivity contribution < 1.29 is 4.74 Å². The van der Waals surface area contributed by atoms with E-state index in [1.165, 1.54) is 51.4 Å². The Kier molecular flexibility index (Phi) is 5.92. The molecule has 0 aliphatic heterocycles. The van der Waals surface area contributed by atoms with E-state index < -0.39 is 0 Å². The third-order valence-electron chi connectivity index (χ3n) is 6.05. The highest BCUT2D eigenvalue weighted by Gasteiger charge is 2.45. The molecule has 0 saturated heterocycles. The summed E-state index contributed by atoms with van der Waals surface area (Å²) in [5.41, 5.74) is 0.105. The minimum Gasteiger partial charge on any atom is -0.377 e. The Balaban J connectivity index is 2.08. The van der Waals surface area contributed by atoms with Gasteiger partial charge in [-0.25, -0.2) is 0 Å². The fourth-order valence-corrected chi connectivity index (χ4v) is 4.51. The van der Waals surface area contributed by atoms with E-state index in [0.29, 0.717) is 6.04 Å². The summed E-state index contributed by atoms with van der Waals surface area (Å²) in [5.74, 6) is 2.63. The van der Waals surface area contributed by atoms with Crippen LogP contribution in [0.1, 0.15) is 72.1 Å². The molecule has 0 radical (unpaired) electrons. The second-order valence-corrected chi connectivity index (χ2v) is 7.51. The maximum absolute atomic E-state index is 6.16. The van der Waals surface area contributed by atoms with Crippen molar-refractivity contribution in [2.24, 2.45) is 17.8 Å². The molecular weight excluding hydrogens is 246 g/mol. The van der Waals surface area contributed by atoms with Crippen LogP contribution in [0.2, 0.25) is 0 Å². The summed E-state index contributed by atoms with van der Waals surface area (Å²) >= 11 is 0. The van der Waals surface area contributed by atoms with Crippen LogP contribution in [-0.4, -0.2) is 25.3 Å². The van der Waals surface area contributed by atoms with Crippen molar-refractivity contribution in [3.05, 3.63) is 0 Å².